The van der Waals surface area contributed by atoms with Gasteiger partial charge in [0.05, 0.1) is 0 Å². The first kappa shape index (κ1) is 12.6. The predicted octanol–water partition coefficient (Wildman–Crippen LogP) is 3.75. The molecule has 1 nitrogen and oxygen atoms in total. The van der Waals surface area contributed by atoms with Gasteiger partial charge in [0.15, 0.2) is 0 Å². The molecule has 0 amide bonds. The lowest BCUT2D eigenvalue weighted by atomic mass is 9.78. The molecular formula is C16H25N. The van der Waals surface area contributed by atoms with Gasteiger partial charge in [-0.15, -0.1) is 0 Å². The summed E-state index contributed by atoms with van der Waals surface area (Å²) in [5.74, 6) is 0. The monoisotopic (exact) mass is 231 g/mol. The third kappa shape index (κ3) is 2.71. The highest BCUT2D eigenvalue weighted by Gasteiger charge is 2.34. The molecule has 0 heterocycles. The van der Waals surface area contributed by atoms with E-state index in [0.29, 0.717) is 11.5 Å². The van der Waals surface area contributed by atoms with Crippen molar-refractivity contribution in [2.24, 2.45) is 11.1 Å². The predicted molar refractivity (Wildman–Crippen MR) is 74.2 cm³/mol. The van der Waals surface area contributed by atoms with E-state index in [1.54, 1.807) is 0 Å². The van der Waals surface area contributed by atoms with Gasteiger partial charge in [0.1, 0.15) is 0 Å². The maximum absolute atomic E-state index is 6.46. The van der Waals surface area contributed by atoms with Gasteiger partial charge >= 0.3 is 0 Å². The Morgan fingerprint density at radius 3 is 2.53 bits per heavy atom. The van der Waals surface area contributed by atoms with Crippen LogP contribution in [0, 0.1) is 19.3 Å². The first-order valence-electron chi connectivity index (χ1n) is 6.83. The van der Waals surface area contributed by atoms with Crippen molar-refractivity contribution in [3.8, 4) is 0 Å². The molecule has 2 rings (SSSR count). The zero-order chi connectivity index (χ0) is 12.5. The Hall–Kier alpha value is -0.820. The first-order valence-corrected chi connectivity index (χ1v) is 6.83. The summed E-state index contributed by atoms with van der Waals surface area (Å²) in [5, 5.41) is 0. The highest BCUT2D eigenvalue weighted by molar-refractivity contribution is 5.31. The average Bonchev–Trinajstić information content (AvgIpc) is 2.72. The largest absolute Gasteiger partial charge is 0.327 e. The van der Waals surface area contributed by atoms with Crippen molar-refractivity contribution in [3.63, 3.8) is 0 Å². The molecule has 0 bridgehead atoms. The topological polar surface area (TPSA) is 26.0 Å². The summed E-state index contributed by atoms with van der Waals surface area (Å²) in [6.07, 6.45) is 6.36. The highest BCUT2D eigenvalue weighted by atomic mass is 14.7. The molecule has 1 heteroatoms. The summed E-state index contributed by atoms with van der Waals surface area (Å²) in [7, 11) is 0. The fourth-order valence-corrected chi connectivity index (χ4v) is 3.06. The van der Waals surface area contributed by atoms with E-state index in [4.69, 9.17) is 5.73 Å². The third-order valence-electron chi connectivity index (χ3n) is 4.59. The molecule has 1 aromatic carbocycles. The Bertz CT molecular complexity index is 389. The molecule has 1 aromatic rings. The summed E-state index contributed by atoms with van der Waals surface area (Å²) in [5.41, 5.74) is 11.0. The minimum Gasteiger partial charge on any atom is -0.327 e. The fourth-order valence-electron chi connectivity index (χ4n) is 3.06. The van der Waals surface area contributed by atoms with Crippen molar-refractivity contribution in [2.75, 3.05) is 0 Å². The summed E-state index contributed by atoms with van der Waals surface area (Å²) in [4.78, 5) is 0. The van der Waals surface area contributed by atoms with Crippen molar-refractivity contribution in [1.29, 1.82) is 0 Å². The maximum Gasteiger partial charge on any atom is 0.0134 e. The van der Waals surface area contributed by atoms with Crippen molar-refractivity contribution in [1.82, 2.24) is 0 Å². The van der Waals surface area contributed by atoms with Crippen molar-refractivity contribution >= 4 is 0 Å². The Balaban J connectivity index is 2.12. The van der Waals surface area contributed by atoms with E-state index >= 15 is 0 Å². The molecule has 1 unspecified atom stereocenters. The molecule has 1 saturated carbocycles. The van der Waals surface area contributed by atoms with Crippen LogP contribution >= 0.6 is 0 Å². The van der Waals surface area contributed by atoms with Crippen molar-refractivity contribution in [2.45, 2.75) is 58.9 Å². The van der Waals surface area contributed by atoms with E-state index in [1.165, 1.54) is 42.4 Å². The van der Waals surface area contributed by atoms with E-state index in [2.05, 4.69) is 39.0 Å². The van der Waals surface area contributed by atoms with Crippen LogP contribution in [0.5, 0.6) is 0 Å². The van der Waals surface area contributed by atoms with Gasteiger partial charge in [-0.1, -0.05) is 43.5 Å². The van der Waals surface area contributed by atoms with Crippen LogP contribution in [0.1, 0.15) is 49.3 Å². The Morgan fingerprint density at radius 1 is 1.24 bits per heavy atom. The van der Waals surface area contributed by atoms with E-state index in [0.717, 1.165) is 6.42 Å². The molecule has 1 aliphatic carbocycles. The molecule has 2 N–H and O–H groups in total. The number of nitrogens with two attached hydrogens (primary N) is 1. The lowest BCUT2D eigenvalue weighted by molar-refractivity contribution is 0.260. The summed E-state index contributed by atoms with van der Waals surface area (Å²) >= 11 is 0. The van der Waals surface area contributed by atoms with Crippen LogP contribution < -0.4 is 5.73 Å². The van der Waals surface area contributed by atoms with Crippen LogP contribution in [0.25, 0.3) is 0 Å². The zero-order valence-electron chi connectivity index (χ0n) is 11.4. The van der Waals surface area contributed by atoms with Gasteiger partial charge in [0.2, 0.25) is 0 Å². The molecule has 0 aliphatic heterocycles. The molecule has 0 aromatic heterocycles. The van der Waals surface area contributed by atoms with Gasteiger partial charge in [0, 0.05) is 6.04 Å². The van der Waals surface area contributed by atoms with E-state index in [-0.39, 0.29) is 0 Å². The van der Waals surface area contributed by atoms with E-state index < -0.39 is 0 Å². The van der Waals surface area contributed by atoms with Crippen LogP contribution in [0.3, 0.4) is 0 Å². The number of hydrogen-bond donors (Lipinski definition) is 1. The third-order valence-corrected chi connectivity index (χ3v) is 4.59. The first-order chi connectivity index (χ1) is 8.01. The zero-order valence-corrected chi connectivity index (χ0v) is 11.4. The van der Waals surface area contributed by atoms with Gasteiger partial charge < -0.3 is 5.73 Å². The second-order valence-electron chi connectivity index (χ2n) is 6.10. The van der Waals surface area contributed by atoms with Crippen LogP contribution in [-0.2, 0) is 6.42 Å². The lowest BCUT2D eigenvalue weighted by Crippen LogP contribution is -2.39. The van der Waals surface area contributed by atoms with Gasteiger partial charge in [-0.25, -0.2) is 0 Å². The molecule has 0 saturated heterocycles. The quantitative estimate of drug-likeness (QED) is 0.842. The van der Waals surface area contributed by atoms with E-state index in [1.807, 2.05) is 0 Å². The number of aryl methyl sites for hydroxylation is 2. The van der Waals surface area contributed by atoms with Crippen LogP contribution in [0.15, 0.2) is 18.2 Å². The SMILES string of the molecule is Cc1ccc(C)c(CC(N)C2(C)CCCC2)c1. The van der Waals surface area contributed by atoms with Gasteiger partial charge in [0.25, 0.3) is 0 Å². The average molecular weight is 231 g/mol. The molecule has 1 atom stereocenters. The second-order valence-corrected chi connectivity index (χ2v) is 6.10. The van der Waals surface area contributed by atoms with Crippen LogP contribution in [0.2, 0.25) is 0 Å². The molecular weight excluding hydrogens is 206 g/mol. The molecule has 1 aliphatic rings. The van der Waals surface area contributed by atoms with Crippen LogP contribution in [0.4, 0.5) is 0 Å². The van der Waals surface area contributed by atoms with E-state index in [9.17, 15) is 0 Å². The summed E-state index contributed by atoms with van der Waals surface area (Å²) in [6, 6.07) is 7.01. The summed E-state index contributed by atoms with van der Waals surface area (Å²) in [6.45, 7) is 6.72. The Kier molecular flexibility index (Phi) is 3.58. The van der Waals surface area contributed by atoms with Gasteiger partial charge in [-0.2, -0.15) is 0 Å². The number of rotatable bonds is 3. The fraction of sp³-hybridized carbons (Fsp3) is 0.625. The van der Waals surface area contributed by atoms with Crippen LogP contribution in [-0.4, -0.2) is 6.04 Å². The second kappa shape index (κ2) is 4.81. The molecule has 0 radical (unpaired) electrons. The standard InChI is InChI=1S/C16H25N/c1-12-6-7-13(2)14(10-12)11-15(17)16(3)8-4-5-9-16/h6-7,10,15H,4-5,8-9,11,17H2,1-3H3. The molecule has 94 valence electrons. The van der Waals surface area contributed by atoms with Gasteiger partial charge in [-0.3, -0.25) is 0 Å². The smallest absolute Gasteiger partial charge is 0.0134 e. The highest BCUT2D eigenvalue weighted by Crippen LogP contribution is 2.40. The minimum absolute atomic E-state index is 0.311. The lowest BCUT2D eigenvalue weighted by Gasteiger charge is -2.31. The molecule has 0 spiro atoms. The van der Waals surface area contributed by atoms with Crippen molar-refractivity contribution in [3.05, 3.63) is 34.9 Å². The summed E-state index contributed by atoms with van der Waals surface area (Å²) < 4.78 is 0. The maximum atomic E-state index is 6.46. The Labute approximate surface area is 105 Å². The molecule has 17 heavy (non-hydrogen) atoms. The number of benzene rings is 1. The molecule has 1 fully saturated rings. The van der Waals surface area contributed by atoms with Crippen molar-refractivity contribution < 1.29 is 0 Å². The van der Waals surface area contributed by atoms with Gasteiger partial charge in [-0.05, 0) is 49.7 Å². The Morgan fingerprint density at radius 2 is 1.88 bits per heavy atom. The minimum atomic E-state index is 0.311. The number of hydrogen-bond acceptors (Lipinski definition) is 1. The normalized spacial score (nSPS) is 20.5.